The lowest BCUT2D eigenvalue weighted by Gasteiger charge is -2.29. The van der Waals surface area contributed by atoms with Gasteiger partial charge >= 0.3 is 12.4 Å². The Bertz CT molecular complexity index is 1410. The van der Waals surface area contributed by atoms with Crippen LogP contribution in [0.25, 0.3) is 16.5 Å². The molecule has 196 valence electrons. The first-order chi connectivity index (χ1) is 17.3. The first-order valence-electron chi connectivity index (χ1n) is 10.5. The molecule has 3 aromatic carbocycles. The van der Waals surface area contributed by atoms with Crippen LogP contribution in [0.2, 0.25) is 10.0 Å². The van der Waals surface area contributed by atoms with Crippen molar-refractivity contribution in [3.63, 3.8) is 0 Å². The number of rotatable bonds is 5. The molecule has 0 radical (unpaired) electrons. The van der Waals surface area contributed by atoms with Crippen LogP contribution < -0.4 is 10.8 Å². The van der Waals surface area contributed by atoms with Gasteiger partial charge in [0.1, 0.15) is 0 Å². The Labute approximate surface area is 215 Å². The molecule has 37 heavy (non-hydrogen) atoms. The van der Waals surface area contributed by atoms with E-state index in [4.69, 9.17) is 33.1 Å². The van der Waals surface area contributed by atoms with Gasteiger partial charge in [0, 0.05) is 23.2 Å². The van der Waals surface area contributed by atoms with Crippen molar-refractivity contribution in [1.29, 1.82) is 0 Å². The molecule has 0 bridgehead atoms. The Kier molecular flexibility index (Phi) is 7.10. The van der Waals surface area contributed by atoms with Crippen molar-refractivity contribution in [2.24, 2.45) is 0 Å². The van der Waals surface area contributed by atoms with Gasteiger partial charge in [0.2, 0.25) is 5.60 Å². The van der Waals surface area contributed by atoms with Gasteiger partial charge in [-0.3, -0.25) is 15.1 Å². The fourth-order valence-corrected chi connectivity index (χ4v) is 4.42. The molecule has 1 unspecified atom stereocenters. The topological polar surface area (TPSA) is 70.6 Å². The summed E-state index contributed by atoms with van der Waals surface area (Å²) in [5, 5.41) is 10.5. The van der Waals surface area contributed by atoms with E-state index in [0.717, 1.165) is 0 Å². The molecule has 5 nitrogen and oxygen atoms in total. The molecular weight excluding hydrogens is 549 g/mol. The molecule has 0 aliphatic carbocycles. The van der Waals surface area contributed by atoms with Crippen LogP contribution in [0.15, 0.2) is 54.6 Å². The molecule has 1 amide bonds. The molecule has 1 heterocycles. The zero-order valence-corrected chi connectivity index (χ0v) is 19.9. The minimum atomic E-state index is -5.22. The predicted octanol–water partition coefficient (Wildman–Crippen LogP) is 6.22. The molecule has 4 rings (SSSR count). The number of carbonyl (C=O) groups excluding carboxylic acids is 1. The summed E-state index contributed by atoms with van der Waals surface area (Å²) in [5.74, 6) is -0.512. The van der Waals surface area contributed by atoms with Gasteiger partial charge in [-0.05, 0) is 35.0 Å². The van der Waals surface area contributed by atoms with Crippen LogP contribution >= 0.6 is 23.2 Å². The van der Waals surface area contributed by atoms with Crippen LogP contribution in [-0.2, 0) is 16.6 Å². The van der Waals surface area contributed by atoms with Crippen molar-refractivity contribution in [1.82, 2.24) is 10.8 Å². The average Bonchev–Trinajstić information content (AvgIpc) is 3.29. The zero-order chi connectivity index (χ0) is 27.2. The van der Waals surface area contributed by atoms with Crippen LogP contribution in [0.3, 0.4) is 0 Å². The molecule has 3 aromatic rings. The van der Waals surface area contributed by atoms with Crippen LogP contribution in [0.4, 0.5) is 26.3 Å². The van der Waals surface area contributed by atoms with E-state index in [9.17, 15) is 31.1 Å². The van der Waals surface area contributed by atoms with E-state index >= 15 is 0 Å². The number of carbonyl (C=O) groups is 1. The summed E-state index contributed by atoms with van der Waals surface area (Å²) in [6, 6.07) is 10.0. The Morgan fingerprint density at radius 1 is 1.03 bits per heavy atom. The lowest BCUT2D eigenvalue weighted by atomic mass is 9.89. The Morgan fingerprint density at radius 2 is 1.70 bits per heavy atom. The highest BCUT2D eigenvalue weighted by atomic mass is 35.5. The van der Waals surface area contributed by atoms with Crippen molar-refractivity contribution in [3.8, 4) is 0 Å². The lowest BCUT2D eigenvalue weighted by Crippen LogP contribution is -2.42. The highest BCUT2D eigenvalue weighted by molar-refractivity contribution is 6.42. The van der Waals surface area contributed by atoms with E-state index in [0.29, 0.717) is 22.9 Å². The number of hydrogen-bond acceptors (Lipinski definition) is 4. The molecule has 0 saturated heterocycles. The number of halogens is 8. The van der Waals surface area contributed by atoms with Gasteiger partial charge in [-0.15, -0.1) is 0 Å². The number of hydrogen-bond donors (Lipinski definition) is 3. The number of fused-ring (bicyclic) bond motifs is 1. The third kappa shape index (κ3) is 4.84. The van der Waals surface area contributed by atoms with Crippen molar-refractivity contribution in [2.45, 2.75) is 18.0 Å². The highest BCUT2D eigenvalue weighted by Crippen LogP contribution is 2.50. The second-order valence-electron chi connectivity index (χ2n) is 8.00. The Balaban J connectivity index is 1.89. The van der Waals surface area contributed by atoms with Gasteiger partial charge < -0.3 is 10.4 Å². The number of aliphatic hydroxyl groups excluding tert-OH is 1. The lowest BCUT2D eigenvalue weighted by molar-refractivity contribution is -0.269. The monoisotopic (exact) mass is 564 g/mol. The summed E-state index contributed by atoms with van der Waals surface area (Å²) in [4.78, 5) is 17.5. The maximum Gasteiger partial charge on any atom is 0.428 e. The summed E-state index contributed by atoms with van der Waals surface area (Å²) in [5.41, 5.74) is -3.44. The minimum absolute atomic E-state index is 0.00682. The maximum absolute atomic E-state index is 14.4. The molecular formula is C24H16Cl2F6N2O3. The summed E-state index contributed by atoms with van der Waals surface area (Å²) < 4.78 is 83.7. The van der Waals surface area contributed by atoms with Gasteiger partial charge in [0.15, 0.2) is 0 Å². The van der Waals surface area contributed by atoms with E-state index in [1.807, 2.05) is 0 Å². The van der Waals surface area contributed by atoms with E-state index in [-0.39, 0.29) is 36.0 Å². The number of benzene rings is 3. The predicted molar refractivity (Wildman–Crippen MR) is 125 cm³/mol. The minimum Gasteiger partial charge on any atom is -0.395 e. The van der Waals surface area contributed by atoms with E-state index in [2.05, 4.69) is 10.8 Å². The quantitative estimate of drug-likeness (QED) is 0.322. The van der Waals surface area contributed by atoms with Crippen LogP contribution in [0.1, 0.15) is 27.0 Å². The zero-order valence-electron chi connectivity index (χ0n) is 18.4. The number of hydroxylamine groups is 1. The largest absolute Gasteiger partial charge is 0.428 e. The standard InChI is InChI=1S/C24H16Cl2F6N2O3/c25-18-10-12(9-17(20(18)26)23(27,28)29)22(24(30,31)32)11-19(34-37-22)15-5-6-16(21(36)33-7-8-35)14-4-2-1-3-13(14)15/h1-6,9-11,34-35H,7-8H2,(H,33,36). The smallest absolute Gasteiger partial charge is 0.395 e. The second kappa shape index (κ2) is 9.71. The third-order valence-electron chi connectivity index (χ3n) is 5.71. The third-order valence-corrected chi connectivity index (χ3v) is 6.51. The molecule has 1 aliphatic rings. The fraction of sp³-hybridized carbons (Fsp3) is 0.208. The van der Waals surface area contributed by atoms with Crippen LogP contribution in [-0.4, -0.2) is 30.3 Å². The first kappa shape index (κ1) is 27.1. The molecule has 1 aliphatic heterocycles. The van der Waals surface area contributed by atoms with E-state index in [1.54, 1.807) is 24.3 Å². The molecule has 3 N–H and O–H groups in total. The molecule has 13 heteroatoms. The average molecular weight is 565 g/mol. The summed E-state index contributed by atoms with van der Waals surface area (Å²) in [7, 11) is 0. The van der Waals surface area contributed by atoms with Gasteiger partial charge in [-0.2, -0.15) is 26.3 Å². The maximum atomic E-state index is 14.4. The number of nitrogens with one attached hydrogen (secondary N) is 2. The van der Waals surface area contributed by atoms with Gasteiger partial charge in [0.05, 0.1) is 27.9 Å². The summed E-state index contributed by atoms with van der Waals surface area (Å²) in [6.07, 6.45) is -9.69. The normalized spacial score (nSPS) is 18.0. The van der Waals surface area contributed by atoms with Crippen molar-refractivity contribution in [3.05, 3.63) is 86.9 Å². The van der Waals surface area contributed by atoms with Gasteiger partial charge in [-0.1, -0.05) is 53.5 Å². The van der Waals surface area contributed by atoms with Crippen LogP contribution in [0.5, 0.6) is 0 Å². The summed E-state index contributed by atoms with van der Waals surface area (Å²) in [6.45, 7) is -0.298. The molecule has 0 saturated carbocycles. The Hall–Kier alpha value is -2.99. The Morgan fingerprint density at radius 3 is 2.32 bits per heavy atom. The van der Waals surface area contributed by atoms with E-state index in [1.165, 1.54) is 12.1 Å². The molecule has 0 fully saturated rings. The molecule has 0 spiro atoms. The first-order valence-corrected chi connectivity index (χ1v) is 11.3. The number of amides is 1. The number of alkyl halides is 6. The fourth-order valence-electron chi connectivity index (χ4n) is 3.98. The molecule has 1 atom stereocenters. The van der Waals surface area contributed by atoms with Crippen molar-refractivity contribution >= 4 is 45.6 Å². The summed E-state index contributed by atoms with van der Waals surface area (Å²) >= 11 is 11.4. The highest BCUT2D eigenvalue weighted by Gasteiger charge is 2.60. The van der Waals surface area contributed by atoms with E-state index < -0.39 is 45.0 Å². The SMILES string of the molecule is O=C(NCCO)c1ccc(C2=CC(c3cc(Cl)c(Cl)c(C(F)(F)F)c3)(C(F)(F)F)ON2)c2ccccc12. The molecule has 0 aromatic heterocycles. The van der Waals surface area contributed by atoms with Gasteiger partial charge in [-0.25, -0.2) is 0 Å². The van der Waals surface area contributed by atoms with Crippen LogP contribution in [0, 0.1) is 0 Å². The number of aliphatic hydroxyl groups is 1. The second-order valence-corrected chi connectivity index (χ2v) is 8.78. The van der Waals surface area contributed by atoms with Crippen molar-refractivity contribution < 1.29 is 41.1 Å². The van der Waals surface area contributed by atoms with Crippen molar-refractivity contribution in [2.75, 3.05) is 13.2 Å². The van der Waals surface area contributed by atoms with Gasteiger partial charge in [0.25, 0.3) is 5.91 Å².